The summed E-state index contributed by atoms with van der Waals surface area (Å²) in [5.41, 5.74) is 3.35. The minimum atomic E-state index is -4.12. The molecule has 2 fully saturated rings. The number of nitrogens with one attached hydrogen (secondary N) is 2. The first-order valence-corrected chi connectivity index (χ1v) is 15.9. The van der Waals surface area contributed by atoms with Crippen LogP contribution in [-0.4, -0.2) is 84.4 Å². The first-order chi connectivity index (χ1) is 20.4. The van der Waals surface area contributed by atoms with Crippen LogP contribution in [0.1, 0.15) is 41.8 Å². The molecule has 12 heteroatoms. The highest BCUT2D eigenvalue weighted by Crippen LogP contribution is 2.31. The van der Waals surface area contributed by atoms with Crippen LogP contribution in [0, 0.1) is 19.8 Å². The van der Waals surface area contributed by atoms with Crippen LogP contribution in [0.15, 0.2) is 53.4 Å². The largest absolute Gasteiger partial charge is 0.475 e. The molecule has 0 saturated carbocycles. The molecule has 1 aromatic heterocycles. The van der Waals surface area contributed by atoms with Crippen molar-refractivity contribution in [3.05, 3.63) is 65.2 Å². The summed E-state index contributed by atoms with van der Waals surface area (Å²) in [4.78, 5) is 39.3. The topological polar surface area (TPSA) is 134 Å². The summed E-state index contributed by atoms with van der Waals surface area (Å²) in [5, 5.41) is 3.06. The van der Waals surface area contributed by atoms with Gasteiger partial charge in [-0.3, -0.25) is 14.5 Å². The molecule has 0 spiro atoms. The van der Waals surface area contributed by atoms with Gasteiger partial charge in [-0.15, -0.1) is 0 Å². The highest BCUT2D eigenvalue weighted by Gasteiger charge is 2.40. The molecule has 2 saturated heterocycles. The molecule has 0 radical (unpaired) electrons. The molecule has 2 aromatic carbocycles. The van der Waals surface area contributed by atoms with Crippen molar-refractivity contribution in [3.8, 4) is 17.1 Å². The Morgan fingerprint density at radius 3 is 2.49 bits per heavy atom. The highest BCUT2D eigenvalue weighted by atomic mass is 32.2. The summed E-state index contributed by atoms with van der Waals surface area (Å²) in [6.07, 6.45) is 0.741. The van der Waals surface area contributed by atoms with Crippen LogP contribution in [0.2, 0.25) is 0 Å². The van der Waals surface area contributed by atoms with E-state index in [1.54, 1.807) is 23.1 Å². The predicted molar refractivity (Wildman–Crippen MR) is 161 cm³/mol. The van der Waals surface area contributed by atoms with Crippen LogP contribution in [0.3, 0.4) is 0 Å². The smallest absolute Gasteiger partial charge is 0.264 e. The lowest BCUT2D eigenvalue weighted by atomic mass is 9.96. The van der Waals surface area contributed by atoms with Crippen molar-refractivity contribution < 1.29 is 22.7 Å². The van der Waals surface area contributed by atoms with Crippen LogP contribution in [0.5, 0.6) is 5.88 Å². The van der Waals surface area contributed by atoms with E-state index in [-0.39, 0.29) is 58.2 Å². The zero-order valence-corrected chi connectivity index (χ0v) is 25.6. The fraction of sp³-hybridized carbons (Fsp3) is 0.419. The number of fused-ring (bicyclic) bond motifs is 5. The van der Waals surface area contributed by atoms with Crippen LogP contribution >= 0.6 is 0 Å². The lowest BCUT2D eigenvalue weighted by Crippen LogP contribution is -2.58. The maximum Gasteiger partial charge on any atom is 0.264 e. The number of piperazine rings is 1. The van der Waals surface area contributed by atoms with Gasteiger partial charge in [-0.2, -0.15) is 4.98 Å². The summed E-state index contributed by atoms with van der Waals surface area (Å²) in [6.45, 7) is 10.2. The summed E-state index contributed by atoms with van der Waals surface area (Å²) in [5.74, 6) is -0.294. The van der Waals surface area contributed by atoms with Gasteiger partial charge < -0.3 is 15.0 Å². The van der Waals surface area contributed by atoms with Crippen molar-refractivity contribution in [2.24, 2.45) is 5.92 Å². The third-order valence-corrected chi connectivity index (χ3v) is 9.70. The Morgan fingerprint density at radius 1 is 1.02 bits per heavy atom. The second kappa shape index (κ2) is 10.9. The standard InChI is InChI=1S/C31H36N6O5S/c1-19-7-5-8-20(2)27(19)25-14-26-33-30(32-25)35-43(40,41)24-10-6-9-21(13-24)29(39)37-12-11-36(17-23(37)18-42-26)16-22-15-31(3,4)34-28(22)38/h5-10,13-14,22-23H,11-12,15-18H2,1-4H3,(H,34,38)(H,32,33,35)/t22-,23+/m0/s1. The molecule has 0 unspecified atom stereocenters. The minimum absolute atomic E-state index is 0.0489. The monoisotopic (exact) mass is 604 g/mol. The second-order valence-electron chi connectivity index (χ2n) is 12.3. The molecule has 0 aliphatic carbocycles. The zero-order valence-electron chi connectivity index (χ0n) is 24.8. The van der Waals surface area contributed by atoms with Crippen molar-refractivity contribution >= 4 is 27.8 Å². The molecule has 3 aromatic rings. The van der Waals surface area contributed by atoms with E-state index in [0.29, 0.717) is 31.9 Å². The number of aromatic nitrogens is 2. The maximum absolute atomic E-state index is 13.8. The van der Waals surface area contributed by atoms with Gasteiger partial charge in [0.05, 0.1) is 22.5 Å². The fourth-order valence-electron chi connectivity index (χ4n) is 6.36. The molecule has 11 nitrogen and oxygen atoms in total. The SMILES string of the molecule is Cc1cccc(C)c1-c1cc2nc(n1)NS(=O)(=O)c1cccc(c1)C(=O)N1CCN(C[C@@H]3CC(C)(C)NC3=O)C[C@@H]1CO2. The molecule has 4 heterocycles. The number of anilines is 1. The van der Waals surface area contributed by atoms with E-state index >= 15 is 0 Å². The van der Waals surface area contributed by atoms with Gasteiger partial charge >= 0.3 is 0 Å². The third kappa shape index (κ3) is 5.94. The normalized spacial score (nSPS) is 23.1. The number of nitrogens with zero attached hydrogens (tertiary/aromatic N) is 4. The molecule has 2 N–H and O–H groups in total. The highest BCUT2D eigenvalue weighted by molar-refractivity contribution is 7.92. The van der Waals surface area contributed by atoms with Gasteiger partial charge in [0.1, 0.15) is 6.61 Å². The van der Waals surface area contributed by atoms with Crippen molar-refractivity contribution in [1.82, 2.24) is 25.1 Å². The number of carbonyl (C=O) groups is 2. The van der Waals surface area contributed by atoms with Crippen LogP contribution in [0.4, 0.5) is 5.95 Å². The molecule has 226 valence electrons. The van der Waals surface area contributed by atoms with E-state index in [9.17, 15) is 18.0 Å². The predicted octanol–water partition coefficient (Wildman–Crippen LogP) is 2.99. The molecule has 3 aliphatic heterocycles. The minimum Gasteiger partial charge on any atom is -0.475 e. The zero-order chi connectivity index (χ0) is 30.5. The number of rotatable bonds is 3. The molecule has 2 atom stereocenters. The van der Waals surface area contributed by atoms with E-state index in [2.05, 4.69) is 24.9 Å². The van der Waals surface area contributed by atoms with Gasteiger partial charge in [0.25, 0.3) is 15.9 Å². The molecular formula is C31H36N6O5S. The summed E-state index contributed by atoms with van der Waals surface area (Å²) >= 11 is 0. The summed E-state index contributed by atoms with van der Waals surface area (Å²) < 4.78 is 35.6. The van der Waals surface area contributed by atoms with Crippen LogP contribution in [-0.2, 0) is 14.8 Å². The van der Waals surface area contributed by atoms with E-state index in [0.717, 1.165) is 23.1 Å². The fourth-order valence-corrected chi connectivity index (χ4v) is 7.35. The molecular weight excluding hydrogens is 568 g/mol. The van der Waals surface area contributed by atoms with E-state index in [1.807, 2.05) is 45.9 Å². The number of carbonyl (C=O) groups excluding carboxylic acids is 2. The number of hydrogen-bond donors (Lipinski definition) is 2. The van der Waals surface area contributed by atoms with Gasteiger partial charge in [-0.25, -0.2) is 18.1 Å². The van der Waals surface area contributed by atoms with Crippen molar-refractivity contribution in [2.45, 2.75) is 50.6 Å². The Kier molecular flexibility index (Phi) is 7.37. The maximum atomic E-state index is 13.8. The van der Waals surface area contributed by atoms with Gasteiger partial charge in [0.15, 0.2) is 0 Å². The number of amides is 2. The first-order valence-electron chi connectivity index (χ1n) is 14.5. The average molecular weight is 605 g/mol. The number of benzene rings is 2. The number of sulfonamides is 1. The quantitative estimate of drug-likeness (QED) is 0.466. The summed E-state index contributed by atoms with van der Waals surface area (Å²) in [6, 6.07) is 13.2. The van der Waals surface area contributed by atoms with Crippen molar-refractivity contribution in [1.29, 1.82) is 0 Å². The van der Waals surface area contributed by atoms with Gasteiger partial charge in [0, 0.05) is 48.9 Å². The molecule has 2 amide bonds. The molecule has 4 bridgehead atoms. The van der Waals surface area contributed by atoms with Gasteiger partial charge in [-0.1, -0.05) is 24.3 Å². The Morgan fingerprint density at radius 2 is 1.77 bits per heavy atom. The molecule has 3 aliphatic rings. The van der Waals surface area contributed by atoms with Crippen LogP contribution in [0.25, 0.3) is 11.3 Å². The molecule has 43 heavy (non-hydrogen) atoms. The second-order valence-corrected chi connectivity index (χ2v) is 14.0. The number of aryl methyl sites for hydroxylation is 2. The van der Waals surface area contributed by atoms with E-state index < -0.39 is 10.0 Å². The van der Waals surface area contributed by atoms with E-state index in [1.165, 1.54) is 12.1 Å². The van der Waals surface area contributed by atoms with Crippen LogP contribution < -0.4 is 14.8 Å². The third-order valence-electron chi connectivity index (χ3n) is 8.38. The Bertz CT molecular complexity index is 1690. The number of ether oxygens (including phenoxy) is 1. The Labute approximate surface area is 251 Å². The first kappa shape index (κ1) is 29.1. The lowest BCUT2D eigenvalue weighted by molar-refractivity contribution is -0.123. The lowest BCUT2D eigenvalue weighted by Gasteiger charge is -2.41. The van der Waals surface area contributed by atoms with Crippen molar-refractivity contribution in [2.75, 3.05) is 37.5 Å². The Hall–Kier alpha value is -4.03. The van der Waals surface area contributed by atoms with E-state index in [4.69, 9.17) is 4.74 Å². The average Bonchev–Trinajstić information content (AvgIpc) is 3.21. The van der Waals surface area contributed by atoms with Gasteiger partial charge in [-0.05, 0) is 63.4 Å². The Balaban J connectivity index is 1.38. The summed E-state index contributed by atoms with van der Waals surface area (Å²) in [7, 11) is -4.12. The van der Waals surface area contributed by atoms with Crippen molar-refractivity contribution in [3.63, 3.8) is 0 Å². The molecule has 6 rings (SSSR count). The van der Waals surface area contributed by atoms with Gasteiger partial charge in [0.2, 0.25) is 17.7 Å². The number of hydrogen-bond acceptors (Lipinski definition) is 8.